The van der Waals surface area contributed by atoms with Crippen LogP contribution in [0, 0.1) is 18.3 Å². The molecule has 0 N–H and O–H groups in total. The Labute approximate surface area is 136 Å². The van der Waals surface area contributed by atoms with Crippen LogP contribution in [0.2, 0.25) is 0 Å². The molecule has 0 atom stereocenters. The van der Waals surface area contributed by atoms with Gasteiger partial charge < -0.3 is 9.64 Å². The second kappa shape index (κ2) is 8.00. The number of ether oxygens (including phenoxy) is 1. The van der Waals surface area contributed by atoms with Gasteiger partial charge in [0.1, 0.15) is 6.54 Å². The van der Waals surface area contributed by atoms with Crippen LogP contribution in [0.25, 0.3) is 0 Å². The Kier molecular flexibility index (Phi) is 5.76. The van der Waals surface area contributed by atoms with Gasteiger partial charge in [-0.2, -0.15) is 5.26 Å². The molecule has 4 heteroatoms. The second-order valence-electron chi connectivity index (χ2n) is 5.37. The number of nitriles is 1. The highest BCUT2D eigenvalue weighted by atomic mass is 16.5. The van der Waals surface area contributed by atoms with Gasteiger partial charge in [0.15, 0.2) is 0 Å². The Morgan fingerprint density at radius 1 is 1.13 bits per heavy atom. The van der Waals surface area contributed by atoms with E-state index in [9.17, 15) is 4.79 Å². The minimum atomic E-state index is -0.289. The van der Waals surface area contributed by atoms with Crippen molar-refractivity contribution >= 4 is 11.7 Å². The fourth-order valence-electron chi connectivity index (χ4n) is 2.39. The number of hydrogen-bond acceptors (Lipinski definition) is 4. The van der Waals surface area contributed by atoms with Gasteiger partial charge in [0.05, 0.1) is 19.6 Å². The highest BCUT2D eigenvalue weighted by Crippen LogP contribution is 2.20. The number of carbonyl (C=O) groups excluding carboxylic acids is 1. The average Bonchev–Trinajstić information content (AvgIpc) is 2.56. The Balaban J connectivity index is 2.29. The van der Waals surface area contributed by atoms with Gasteiger partial charge in [-0.05, 0) is 30.2 Å². The summed E-state index contributed by atoms with van der Waals surface area (Å²) in [6, 6.07) is 18.0. The van der Waals surface area contributed by atoms with Crippen LogP contribution >= 0.6 is 0 Å². The topological polar surface area (TPSA) is 53.3 Å². The SMILES string of the molecule is COC(=O)CN(Cc1ccccc1CC#N)c1ccc(C)cc1. The lowest BCUT2D eigenvalue weighted by molar-refractivity contribution is -0.138. The monoisotopic (exact) mass is 308 g/mol. The van der Waals surface area contributed by atoms with Gasteiger partial charge in [-0.3, -0.25) is 4.79 Å². The summed E-state index contributed by atoms with van der Waals surface area (Å²) in [4.78, 5) is 13.7. The molecular weight excluding hydrogens is 288 g/mol. The van der Waals surface area contributed by atoms with E-state index in [1.54, 1.807) is 0 Å². The molecular formula is C19H20N2O2. The van der Waals surface area contributed by atoms with E-state index in [0.717, 1.165) is 22.4 Å². The van der Waals surface area contributed by atoms with Crippen LogP contribution in [-0.2, 0) is 22.5 Å². The molecule has 0 fully saturated rings. The van der Waals surface area contributed by atoms with Gasteiger partial charge in [0, 0.05) is 12.2 Å². The van der Waals surface area contributed by atoms with E-state index >= 15 is 0 Å². The zero-order valence-corrected chi connectivity index (χ0v) is 13.5. The van der Waals surface area contributed by atoms with Crippen LogP contribution in [-0.4, -0.2) is 19.6 Å². The zero-order valence-electron chi connectivity index (χ0n) is 13.5. The molecule has 0 radical (unpaired) electrons. The summed E-state index contributed by atoms with van der Waals surface area (Å²) in [5.74, 6) is -0.289. The third kappa shape index (κ3) is 4.58. The maximum absolute atomic E-state index is 11.7. The first-order valence-corrected chi connectivity index (χ1v) is 7.46. The quantitative estimate of drug-likeness (QED) is 0.769. The molecule has 4 nitrogen and oxygen atoms in total. The lowest BCUT2D eigenvalue weighted by Crippen LogP contribution is -2.30. The smallest absolute Gasteiger partial charge is 0.325 e. The van der Waals surface area contributed by atoms with Crippen LogP contribution in [0.4, 0.5) is 5.69 Å². The number of anilines is 1. The van der Waals surface area contributed by atoms with E-state index in [1.165, 1.54) is 7.11 Å². The molecule has 0 unspecified atom stereocenters. The Morgan fingerprint density at radius 3 is 2.39 bits per heavy atom. The Bertz CT molecular complexity index is 702. The highest BCUT2D eigenvalue weighted by molar-refractivity contribution is 5.75. The minimum absolute atomic E-state index is 0.167. The largest absolute Gasteiger partial charge is 0.468 e. The van der Waals surface area contributed by atoms with Crippen molar-refractivity contribution in [2.75, 3.05) is 18.6 Å². The standard InChI is InChI=1S/C19H20N2O2/c1-15-7-9-18(10-8-15)21(14-19(22)23-2)13-17-6-4-3-5-16(17)11-12-20/h3-10H,11,13-14H2,1-2H3. The zero-order chi connectivity index (χ0) is 16.7. The van der Waals surface area contributed by atoms with Crippen LogP contribution in [0.1, 0.15) is 16.7 Å². The first-order chi connectivity index (χ1) is 11.1. The molecule has 23 heavy (non-hydrogen) atoms. The van der Waals surface area contributed by atoms with Crippen LogP contribution < -0.4 is 4.90 Å². The molecule has 0 aromatic heterocycles. The number of esters is 1. The van der Waals surface area contributed by atoms with Crippen LogP contribution in [0.3, 0.4) is 0 Å². The number of nitrogens with zero attached hydrogens (tertiary/aromatic N) is 2. The van der Waals surface area contributed by atoms with Crippen LogP contribution in [0.5, 0.6) is 0 Å². The van der Waals surface area contributed by atoms with Gasteiger partial charge in [0.25, 0.3) is 0 Å². The van der Waals surface area contributed by atoms with E-state index in [0.29, 0.717) is 13.0 Å². The summed E-state index contributed by atoms with van der Waals surface area (Å²) in [5.41, 5.74) is 4.14. The van der Waals surface area contributed by atoms with E-state index < -0.39 is 0 Å². The molecule has 0 aliphatic rings. The fraction of sp³-hybridized carbons (Fsp3) is 0.263. The van der Waals surface area contributed by atoms with E-state index in [2.05, 4.69) is 6.07 Å². The van der Waals surface area contributed by atoms with Gasteiger partial charge in [-0.15, -0.1) is 0 Å². The lowest BCUT2D eigenvalue weighted by atomic mass is 10.0. The van der Waals surface area contributed by atoms with E-state index in [-0.39, 0.29) is 12.5 Å². The van der Waals surface area contributed by atoms with Gasteiger partial charge in [-0.1, -0.05) is 42.0 Å². The first-order valence-electron chi connectivity index (χ1n) is 7.46. The number of rotatable bonds is 6. The van der Waals surface area contributed by atoms with Crippen molar-refractivity contribution in [2.45, 2.75) is 19.9 Å². The van der Waals surface area contributed by atoms with Gasteiger partial charge >= 0.3 is 5.97 Å². The Hall–Kier alpha value is -2.80. The van der Waals surface area contributed by atoms with Crippen LogP contribution in [0.15, 0.2) is 48.5 Å². The van der Waals surface area contributed by atoms with Gasteiger partial charge in [-0.25, -0.2) is 0 Å². The van der Waals surface area contributed by atoms with E-state index in [1.807, 2.05) is 60.4 Å². The summed E-state index contributed by atoms with van der Waals surface area (Å²) in [6.07, 6.45) is 0.357. The van der Waals surface area contributed by atoms with Crippen molar-refractivity contribution in [1.29, 1.82) is 5.26 Å². The third-order valence-electron chi connectivity index (χ3n) is 3.70. The van der Waals surface area contributed by atoms with Crippen molar-refractivity contribution < 1.29 is 9.53 Å². The molecule has 0 aliphatic carbocycles. The van der Waals surface area contributed by atoms with Gasteiger partial charge in [0.2, 0.25) is 0 Å². The molecule has 2 rings (SSSR count). The third-order valence-corrected chi connectivity index (χ3v) is 3.70. The molecule has 118 valence electrons. The number of carbonyl (C=O) groups is 1. The number of benzene rings is 2. The number of aryl methyl sites for hydroxylation is 1. The molecule has 0 saturated carbocycles. The van der Waals surface area contributed by atoms with Crippen molar-refractivity contribution in [2.24, 2.45) is 0 Å². The molecule has 2 aromatic rings. The summed E-state index contributed by atoms with van der Waals surface area (Å²) in [7, 11) is 1.39. The van der Waals surface area contributed by atoms with E-state index in [4.69, 9.17) is 10.00 Å². The molecule has 0 aliphatic heterocycles. The molecule has 0 heterocycles. The van der Waals surface area contributed by atoms with Crippen molar-refractivity contribution in [3.05, 3.63) is 65.2 Å². The summed E-state index contributed by atoms with van der Waals surface area (Å²) in [5, 5.41) is 8.97. The molecule has 0 bridgehead atoms. The molecule has 0 spiro atoms. The van der Waals surface area contributed by atoms with Crippen molar-refractivity contribution in [3.63, 3.8) is 0 Å². The highest BCUT2D eigenvalue weighted by Gasteiger charge is 2.14. The molecule has 0 saturated heterocycles. The second-order valence-corrected chi connectivity index (χ2v) is 5.37. The van der Waals surface area contributed by atoms with Crippen molar-refractivity contribution in [1.82, 2.24) is 0 Å². The maximum atomic E-state index is 11.7. The molecule has 2 aromatic carbocycles. The fourth-order valence-corrected chi connectivity index (χ4v) is 2.39. The summed E-state index contributed by atoms with van der Waals surface area (Å²) in [6.45, 7) is 2.74. The molecule has 0 amide bonds. The summed E-state index contributed by atoms with van der Waals surface area (Å²) < 4.78 is 4.81. The first kappa shape index (κ1) is 16.6. The normalized spacial score (nSPS) is 9.96. The van der Waals surface area contributed by atoms with Crippen molar-refractivity contribution in [3.8, 4) is 6.07 Å². The maximum Gasteiger partial charge on any atom is 0.325 e. The minimum Gasteiger partial charge on any atom is -0.468 e. The number of hydrogen-bond donors (Lipinski definition) is 0. The Morgan fingerprint density at radius 2 is 1.78 bits per heavy atom. The summed E-state index contributed by atoms with van der Waals surface area (Å²) >= 11 is 0. The number of methoxy groups -OCH3 is 1. The average molecular weight is 308 g/mol. The predicted molar refractivity (Wildman–Crippen MR) is 90.0 cm³/mol. The lowest BCUT2D eigenvalue weighted by Gasteiger charge is -2.25. The predicted octanol–water partition coefficient (Wildman–Crippen LogP) is 3.24.